The minimum atomic E-state index is -0.399. The van der Waals surface area contributed by atoms with Crippen LogP contribution < -0.4 is 0 Å². The van der Waals surface area contributed by atoms with E-state index in [-0.39, 0.29) is 11.7 Å². The highest BCUT2D eigenvalue weighted by atomic mass is 35.5. The zero-order valence-electron chi connectivity index (χ0n) is 9.75. The van der Waals surface area contributed by atoms with Crippen molar-refractivity contribution in [3.05, 3.63) is 16.1 Å². The second kappa shape index (κ2) is 5.75. The van der Waals surface area contributed by atoms with Gasteiger partial charge in [-0.3, -0.25) is 4.79 Å². The summed E-state index contributed by atoms with van der Waals surface area (Å²) in [6.07, 6.45) is 0.822. The second-order valence-corrected chi connectivity index (χ2v) is 4.74. The average molecular weight is 262 g/mol. The first-order chi connectivity index (χ1) is 7.57. The van der Waals surface area contributed by atoms with Crippen molar-refractivity contribution >= 4 is 28.7 Å². The zero-order chi connectivity index (χ0) is 12.2. The fourth-order valence-corrected chi connectivity index (χ4v) is 2.49. The largest absolute Gasteiger partial charge is 0.368 e. The number of aromatic nitrogens is 1. The van der Waals surface area contributed by atoms with Gasteiger partial charge in [-0.25, -0.2) is 4.98 Å². The second-order valence-electron chi connectivity index (χ2n) is 3.61. The van der Waals surface area contributed by atoms with Crippen LogP contribution in [0.2, 0.25) is 0 Å². The Morgan fingerprint density at radius 3 is 2.81 bits per heavy atom. The number of ether oxygens (including phenoxy) is 1. The maximum Gasteiger partial charge on any atom is 0.196 e. The van der Waals surface area contributed by atoms with Crippen molar-refractivity contribution in [3.8, 4) is 0 Å². The highest BCUT2D eigenvalue weighted by Gasteiger charge is 2.29. The summed E-state index contributed by atoms with van der Waals surface area (Å²) in [5, 5.41) is 2.58. The number of thiazole rings is 1. The van der Waals surface area contributed by atoms with E-state index in [2.05, 4.69) is 4.98 Å². The van der Waals surface area contributed by atoms with E-state index in [4.69, 9.17) is 16.3 Å². The summed E-state index contributed by atoms with van der Waals surface area (Å²) in [7, 11) is 0. The van der Waals surface area contributed by atoms with Crippen LogP contribution in [0.5, 0.6) is 0 Å². The van der Waals surface area contributed by atoms with Gasteiger partial charge >= 0.3 is 0 Å². The van der Waals surface area contributed by atoms with Crippen LogP contribution in [0.1, 0.15) is 42.7 Å². The third kappa shape index (κ3) is 2.81. The van der Waals surface area contributed by atoms with Crippen LogP contribution in [-0.4, -0.2) is 23.3 Å². The molecule has 16 heavy (non-hydrogen) atoms. The van der Waals surface area contributed by atoms with E-state index >= 15 is 0 Å². The number of carbonyl (C=O) groups is 1. The maximum atomic E-state index is 11.4. The molecule has 0 aliphatic carbocycles. The van der Waals surface area contributed by atoms with Crippen LogP contribution >= 0.6 is 22.9 Å². The number of hydrogen-bond acceptors (Lipinski definition) is 4. The Labute approximate surface area is 105 Å². The van der Waals surface area contributed by atoms with Gasteiger partial charge in [-0.1, -0.05) is 6.92 Å². The Morgan fingerprint density at radius 2 is 2.31 bits per heavy atom. The van der Waals surface area contributed by atoms with Crippen molar-refractivity contribution in [2.24, 2.45) is 0 Å². The Kier molecular flexibility index (Phi) is 4.89. The lowest BCUT2D eigenvalue weighted by Crippen LogP contribution is -2.25. The Bertz CT molecular complexity index is 367. The van der Waals surface area contributed by atoms with Gasteiger partial charge in [0.2, 0.25) is 0 Å². The minimum Gasteiger partial charge on any atom is -0.368 e. The molecular weight excluding hydrogens is 246 g/mol. The lowest BCUT2D eigenvalue weighted by atomic mass is 10.0. The number of rotatable bonds is 6. The Hall–Kier alpha value is -0.450. The van der Waals surface area contributed by atoms with Gasteiger partial charge in [0.1, 0.15) is 16.3 Å². The van der Waals surface area contributed by atoms with E-state index in [9.17, 15) is 4.79 Å². The van der Waals surface area contributed by atoms with E-state index < -0.39 is 5.60 Å². The third-order valence-electron chi connectivity index (χ3n) is 2.50. The molecule has 0 bridgehead atoms. The fraction of sp³-hybridized carbons (Fsp3) is 0.636. The van der Waals surface area contributed by atoms with Gasteiger partial charge < -0.3 is 4.74 Å². The van der Waals surface area contributed by atoms with Crippen LogP contribution in [0.25, 0.3) is 0 Å². The van der Waals surface area contributed by atoms with Crippen LogP contribution in [-0.2, 0) is 10.3 Å². The van der Waals surface area contributed by atoms with E-state index in [0.29, 0.717) is 12.3 Å². The molecule has 1 aromatic rings. The van der Waals surface area contributed by atoms with Gasteiger partial charge in [-0.15, -0.1) is 22.9 Å². The molecule has 0 aliphatic rings. The molecule has 3 nitrogen and oxygen atoms in total. The van der Waals surface area contributed by atoms with Crippen LogP contribution in [0.15, 0.2) is 5.38 Å². The smallest absolute Gasteiger partial charge is 0.196 e. The van der Waals surface area contributed by atoms with Crippen molar-refractivity contribution in [3.63, 3.8) is 0 Å². The lowest BCUT2D eigenvalue weighted by molar-refractivity contribution is -0.0325. The molecule has 90 valence electrons. The Morgan fingerprint density at radius 1 is 1.62 bits per heavy atom. The molecule has 0 radical (unpaired) electrons. The summed E-state index contributed by atoms with van der Waals surface area (Å²) >= 11 is 6.94. The first kappa shape index (κ1) is 13.6. The van der Waals surface area contributed by atoms with Crippen molar-refractivity contribution in [2.75, 3.05) is 12.5 Å². The van der Waals surface area contributed by atoms with Gasteiger partial charge in [0.05, 0.1) is 5.88 Å². The lowest BCUT2D eigenvalue weighted by Gasteiger charge is -2.25. The number of carbonyl (C=O) groups excluding carboxylic acids is 1. The molecule has 1 rings (SSSR count). The first-order valence-corrected chi connectivity index (χ1v) is 6.68. The molecule has 5 heteroatoms. The number of nitrogens with zero attached hydrogens (tertiary/aromatic N) is 1. The summed E-state index contributed by atoms with van der Waals surface area (Å²) in [5.74, 6) is -0.167. The van der Waals surface area contributed by atoms with E-state index in [1.165, 1.54) is 11.3 Å². The average Bonchev–Trinajstić information content (AvgIpc) is 2.78. The van der Waals surface area contributed by atoms with Gasteiger partial charge in [-0.2, -0.15) is 0 Å². The Balaban J connectivity index is 2.95. The molecule has 0 aromatic carbocycles. The predicted octanol–water partition coefficient (Wildman–Crippen LogP) is 3.23. The SMILES string of the molecule is CCOC(C)(CC)c1nc(C(=O)CCl)cs1. The molecule has 0 spiro atoms. The summed E-state index contributed by atoms with van der Waals surface area (Å²) in [5.41, 5.74) is 0.0407. The zero-order valence-corrected chi connectivity index (χ0v) is 11.3. The standard InChI is InChI=1S/C11H16ClNO2S/c1-4-11(3,15-5-2)10-13-8(7-16-10)9(14)6-12/h7H,4-6H2,1-3H3. The number of alkyl halides is 1. The molecule has 1 heterocycles. The monoisotopic (exact) mass is 261 g/mol. The highest BCUT2D eigenvalue weighted by molar-refractivity contribution is 7.10. The fourth-order valence-electron chi connectivity index (χ4n) is 1.35. The number of halogens is 1. The predicted molar refractivity (Wildman–Crippen MR) is 66.4 cm³/mol. The maximum absolute atomic E-state index is 11.4. The molecule has 0 fully saturated rings. The van der Waals surface area contributed by atoms with Gasteiger partial charge in [0.15, 0.2) is 5.78 Å². The van der Waals surface area contributed by atoms with Crippen molar-refractivity contribution < 1.29 is 9.53 Å². The molecule has 0 aliphatic heterocycles. The molecule has 0 amide bonds. The minimum absolute atomic E-state index is 0.0271. The highest BCUT2D eigenvalue weighted by Crippen LogP contribution is 2.31. The number of Topliss-reactive ketones (excluding diaryl/α,β-unsaturated/α-hetero) is 1. The molecule has 0 N–H and O–H groups in total. The van der Waals surface area contributed by atoms with Gasteiger partial charge in [0.25, 0.3) is 0 Å². The van der Waals surface area contributed by atoms with Crippen molar-refractivity contribution in [2.45, 2.75) is 32.8 Å². The number of hydrogen-bond donors (Lipinski definition) is 0. The summed E-state index contributed by atoms with van der Waals surface area (Å²) < 4.78 is 5.70. The molecule has 1 atom stereocenters. The summed E-state index contributed by atoms with van der Waals surface area (Å²) in [6, 6.07) is 0. The normalized spacial score (nSPS) is 14.8. The third-order valence-corrected chi connectivity index (χ3v) is 3.83. The van der Waals surface area contributed by atoms with Crippen LogP contribution in [0.3, 0.4) is 0 Å². The summed E-state index contributed by atoms with van der Waals surface area (Å²) in [6.45, 7) is 6.61. The van der Waals surface area contributed by atoms with Crippen LogP contribution in [0.4, 0.5) is 0 Å². The van der Waals surface area contributed by atoms with E-state index in [1.807, 2.05) is 20.8 Å². The van der Waals surface area contributed by atoms with Crippen molar-refractivity contribution in [1.82, 2.24) is 4.98 Å². The first-order valence-electron chi connectivity index (χ1n) is 5.26. The molecule has 0 saturated carbocycles. The molecule has 1 aromatic heterocycles. The van der Waals surface area contributed by atoms with Gasteiger partial charge in [-0.05, 0) is 20.3 Å². The molecule has 0 saturated heterocycles. The van der Waals surface area contributed by atoms with E-state index in [0.717, 1.165) is 11.4 Å². The van der Waals surface area contributed by atoms with E-state index in [1.54, 1.807) is 5.38 Å². The van der Waals surface area contributed by atoms with Crippen LogP contribution in [0, 0.1) is 0 Å². The van der Waals surface area contributed by atoms with Crippen molar-refractivity contribution in [1.29, 1.82) is 0 Å². The topological polar surface area (TPSA) is 39.2 Å². The quantitative estimate of drug-likeness (QED) is 0.583. The van der Waals surface area contributed by atoms with Gasteiger partial charge in [0, 0.05) is 12.0 Å². The molecule has 1 unspecified atom stereocenters. The number of ketones is 1. The summed E-state index contributed by atoms with van der Waals surface area (Å²) in [4.78, 5) is 15.7. The molecular formula is C11H16ClNO2S.